The predicted molar refractivity (Wildman–Crippen MR) is 383 cm³/mol. The van der Waals surface area contributed by atoms with Crippen LogP contribution in [0.5, 0.6) is 0 Å². The Hall–Kier alpha value is -6.53. The van der Waals surface area contributed by atoms with Gasteiger partial charge in [0.2, 0.25) is 47.3 Å². The Morgan fingerprint density at radius 2 is 1.38 bits per heavy atom. The molecule has 9 amide bonds. The molecule has 2 aliphatic rings. The number of hydrogen-bond acceptors (Lipinski definition) is 19. The number of likely N-dealkylation sites (N-methyl/N-ethyl adjacent to an activating group) is 2. The highest BCUT2D eigenvalue weighted by Crippen LogP contribution is 2.32. The monoisotopic (exact) mass is 1410 g/mol. The van der Waals surface area contributed by atoms with Gasteiger partial charge in [-0.25, -0.2) is 9.97 Å². The third-order valence-corrected chi connectivity index (χ3v) is 20.0. The number of fused-ring (bicyclic) bond motifs is 1. The zero-order chi connectivity index (χ0) is 71.8. The fraction of sp³-hybridized carbons (Fsp3) is 0.671. The van der Waals surface area contributed by atoms with E-state index in [2.05, 4.69) is 49.8 Å². The van der Waals surface area contributed by atoms with Gasteiger partial charge < -0.3 is 71.7 Å². The number of carbonyl (C=O) groups is 9. The number of carbonyl (C=O) groups excluding carboxylic acids is 9. The number of thioether (sulfide) groups is 1. The van der Waals surface area contributed by atoms with Crippen molar-refractivity contribution in [2.75, 3.05) is 106 Å². The van der Waals surface area contributed by atoms with Gasteiger partial charge in [-0.05, 0) is 101 Å². The molecule has 1 aliphatic carbocycles. The van der Waals surface area contributed by atoms with Crippen LogP contribution in [-0.2, 0) is 75.2 Å². The van der Waals surface area contributed by atoms with Gasteiger partial charge >= 0.3 is 0 Å². The summed E-state index contributed by atoms with van der Waals surface area (Å²) in [6.07, 6.45) is 10.1. The van der Waals surface area contributed by atoms with Crippen molar-refractivity contribution < 1.29 is 62.1 Å². The Bertz CT molecular complexity index is 3040. The zero-order valence-corrected chi connectivity index (χ0v) is 61.3. The van der Waals surface area contributed by atoms with Crippen LogP contribution in [0.25, 0.3) is 11.0 Å². The molecule has 26 nitrogen and oxygen atoms in total. The summed E-state index contributed by atoms with van der Waals surface area (Å²) in [5, 5.41) is 19.6. The number of rotatable bonds is 41. The van der Waals surface area contributed by atoms with Crippen molar-refractivity contribution in [3.63, 3.8) is 0 Å². The summed E-state index contributed by atoms with van der Waals surface area (Å²) in [6, 6.07) is 9.48. The van der Waals surface area contributed by atoms with Gasteiger partial charge in [0.05, 0.1) is 111 Å². The molecule has 0 radical (unpaired) electrons. The van der Waals surface area contributed by atoms with E-state index in [-0.39, 0.29) is 113 Å². The molecule has 3 aromatic rings. The average Bonchev–Trinajstić information content (AvgIpc) is 1.11. The van der Waals surface area contributed by atoms with Gasteiger partial charge in [-0.3, -0.25) is 48.1 Å². The second kappa shape index (κ2) is 43.2. The fourth-order valence-electron chi connectivity index (χ4n) is 12.7. The number of thiol groups is 1. The van der Waals surface area contributed by atoms with Gasteiger partial charge in [0.25, 0.3) is 5.91 Å². The Kier molecular flexibility index (Phi) is 36.2. The standard InChI is InChI=1S/C70H111N13O13S2/c1-12-45(4)65(82(9)63(88)41-75-70(92)64(44(2)3)81(7)8)58(93-10)37-62(87)83-30-18-21-57(83)66(94-11)46(5)67(89)78-51(38-71)35-48-22-25-50(26-23-48)77-61(86)40-74-68(90)47(6)76-60(85)39-73-59(84)28-31-95-33-34-96-32-29-72-69(91)49-24-27-53-54(36-49)80-55(42-97)56(79-53)43-98-52-19-16-14-13-15-17-20-52/h22-27,36,44-47,51-52,57-58,64-66,97H,12-21,28-35,37-43,71H2,1-11H3,(H,72,91)(H,73,84)(H,74,90)(H,75,92)(H,76,85)(H,77,86)(H,78,89)/t45-,46+,47-,51-,57-,58+,64?,65-,66+/m0/s1. The molecule has 9 N–H and O–H groups in total. The van der Waals surface area contributed by atoms with Crippen LogP contribution in [0, 0.1) is 17.8 Å². The van der Waals surface area contributed by atoms with E-state index in [0.29, 0.717) is 60.0 Å². The number of hydrogen-bond donors (Lipinski definition) is 9. The molecule has 546 valence electrons. The maximum atomic E-state index is 14.3. The lowest BCUT2D eigenvalue weighted by molar-refractivity contribution is -0.146. The number of benzene rings is 2. The van der Waals surface area contributed by atoms with E-state index in [9.17, 15) is 43.2 Å². The summed E-state index contributed by atoms with van der Waals surface area (Å²) < 4.78 is 23.1. The van der Waals surface area contributed by atoms with Crippen LogP contribution in [0.4, 0.5) is 5.69 Å². The maximum Gasteiger partial charge on any atom is 0.251 e. The highest BCUT2D eigenvalue weighted by molar-refractivity contribution is 7.99. The Labute approximate surface area is 589 Å². The van der Waals surface area contributed by atoms with Crippen LogP contribution >= 0.6 is 24.4 Å². The molecule has 1 aliphatic heterocycles. The molecule has 98 heavy (non-hydrogen) atoms. The molecule has 1 unspecified atom stereocenters. The average molecular weight is 1410 g/mol. The van der Waals surface area contributed by atoms with E-state index in [0.717, 1.165) is 28.2 Å². The smallest absolute Gasteiger partial charge is 0.251 e. The van der Waals surface area contributed by atoms with Gasteiger partial charge in [-0.2, -0.15) is 24.4 Å². The van der Waals surface area contributed by atoms with Gasteiger partial charge in [0.15, 0.2) is 0 Å². The summed E-state index contributed by atoms with van der Waals surface area (Å²) in [7, 11) is 8.38. The number of methoxy groups -OCH3 is 2. The largest absolute Gasteiger partial charge is 0.379 e. The first-order valence-electron chi connectivity index (χ1n) is 34.7. The van der Waals surface area contributed by atoms with E-state index in [1.54, 1.807) is 60.2 Å². The molecular weight excluding hydrogens is 1290 g/mol. The topological polar surface area (TPSA) is 336 Å². The van der Waals surface area contributed by atoms with Crippen LogP contribution in [0.1, 0.15) is 146 Å². The Balaban J connectivity index is 0.942. The number of amides is 9. The second-order valence-electron chi connectivity index (χ2n) is 26.2. The molecule has 9 atom stereocenters. The third-order valence-electron chi connectivity index (χ3n) is 18.3. The van der Waals surface area contributed by atoms with Crippen molar-refractivity contribution in [2.24, 2.45) is 23.5 Å². The van der Waals surface area contributed by atoms with Crippen LogP contribution in [0.15, 0.2) is 42.5 Å². The van der Waals surface area contributed by atoms with Gasteiger partial charge in [0.1, 0.15) is 6.04 Å². The van der Waals surface area contributed by atoms with E-state index in [4.69, 9.17) is 34.6 Å². The molecule has 28 heteroatoms. The molecule has 1 aromatic heterocycles. The lowest BCUT2D eigenvalue weighted by Gasteiger charge is -2.39. The fourth-order valence-corrected chi connectivity index (χ4v) is 14.2. The van der Waals surface area contributed by atoms with Crippen molar-refractivity contribution in [3.8, 4) is 0 Å². The normalized spacial score (nSPS) is 16.9. The van der Waals surface area contributed by atoms with E-state index >= 15 is 0 Å². The quantitative estimate of drug-likeness (QED) is 0.0278. The highest BCUT2D eigenvalue weighted by Gasteiger charge is 2.42. The lowest BCUT2D eigenvalue weighted by atomic mass is 9.90. The molecule has 2 heterocycles. The third kappa shape index (κ3) is 26.5. The van der Waals surface area contributed by atoms with E-state index in [1.165, 1.54) is 66.1 Å². The minimum absolute atomic E-state index is 0.0172. The van der Waals surface area contributed by atoms with Crippen LogP contribution in [0.2, 0.25) is 0 Å². The summed E-state index contributed by atoms with van der Waals surface area (Å²) in [5.41, 5.74) is 11.1. The van der Waals surface area contributed by atoms with Crippen LogP contribution < -0.4 is 43.0 Å². The molecule has 0 bridgehead atoms. The molecule has 5 rings (SSSR count). The Morgan fingerprint density at radius 3 is 2.02 bits per heavy atom. The number of likely N-dealkylation sites (tertiary alicyclic amines) is 1. The SMILES string of the molecule is CC[C@H](C)[C@@H]([C@@H](CC(=O)N1CCC[C@H]1[C@H](OC)[C@@H](C)C(=O)N[C@H](CN)Cc1ccc(NC(=O)CNC(=O)[C@H](C)NC(=O)CNC(=O)CCOCCOCCNC(=O)c2ccc3nc(CSC4CCCCCCC4)c(CS)nc3c2)cc1)OC)N(C)C(=O)CNC(=O)C(C(C)C)N(C)C. The number of nitrogens with two attached hydrogens (primary N) is 1. The zero-order valence-electron chi connectivity index (χ0n) is 59.5. The summed E-state index contributed by atoms with van der Waals surface area (Å²) in [5.74, 6) is -2.92. The molecule has 2 fully saturated rings. The van der Waals surface area contributed by atoms with Crippen molar-refractivity contribution in [3.05, 3.63) is 65.0 Å². The molecule has 1 saturated heterocycles. The first-order chi connectivity index (χ1) is 46.9. The minimum Gasteiger partial charge on any atom is -0.379 e. The summed E-state index contributed by atoms with van der Waals surface area (Å²) in [6.45, 7) is 11.8. The van der Waals surface area contributed by atoms with Crippen molar-refractivity contribution in [2.45, 2.75) is 184 Å². The van der Waals surface area contributed by atoms with E-state index in [1.807, 2.05) is 64.5 Å². The highest BCUT2D eigenvalue weighted by atomic mass is 32.2. The number of ether oxygens (including phenoxy) is 4. The van der Waals surface area contributed by atoms with Crippen LogP contribution in [-0.4, -0.2) is 227 Å². The molecular formula is C70H111N13O13S2. The van der Waals surface area contributed by atoms with E-state index < -0.39 is 72.0 Å². The molecule has 2 aromatic carbocycles. The first-order valence-corrected chi connectivity index (χ1v) is 36.3. The Morgan fingerprint density at radius 1 is 0.714 bits per heavy atom. The van der Waals surface area contributed by atoms with Gasteiger partial charge in [0, 0.05) is 81.4 Å². The molecule has 0 spiro atoms. The summed E-state index contributed by atoms with van der Waals surface area (Å²) >= 11 is 6.50. The van der Waals surface area contributed by atoms with Crippen LogP contribution in [0.3, 0.4) is 0 Å². The number of anilines is 1. The van der Waals surface area contributed by atoms with Gasteiger partial charge in [-0.1, -0.05) is 85.3 Å². The van der Waals surface area contributed by atoms with Crippen molar-refractivity contribution in [1.82, 2.24) is 56.6 Å². The van der Waals surface area contributed by atoms with Crippen molar-refractivity contribution in [1.29, 1.82) is 0 Å². The summed E-state index contributed by atoms with van der Waals surface area (Å²) in [4.78, 5) is 133. The predicted octanol–water partition coefficient (Wildman–Crippen LogP) is 4.54. The molecule has 1 saturated carbocycles. The minimum atomic E-state index is -1.02. The number of aromatic nitrogens is 2. The van der Waals surface area contributed by atoms with Crippen molar-refractivity contribution >= 4 is 94.3 Å². The number of nitrogens with one attached hydrogen (secondary N) is 7. The second-order valence-corrected chi connectivity index (χ2v) is 27.8. The first kappa shape index (κ1) is 82.1. The van der Waals surface area contributed by atoms with Gasteiger partial charge in [-0.15, -0.1) is 0 Å². The lowest BCUT2D eigenvalue weighted by Crippen LogP contribution is -2.55. The number of nitrogens with zero attached hydrogens (tertiary/aromatic N) is 5. The maximum absolute atomic E-state index is 14.3.